The van der Waals surface area contributed by atoms with Gasteiger partial charge in [0.1, 0.15) is 5.69 Å². The van der Waals surface area contributed by atoms with Crippen molar-refractivity contribution in [2.75, 3.05) is 42.3 Å². The van der Waals surface area contributed by atoms with Gasteiger partial charge in [-0.2, -0.15) is 4.98 Å². The number of benzene rings is 1. The first-order valence-corrected chi connectivity index (χ1v) is 8.22. The van der Waals surface area contributed by atoms with Gasteiger partial charge in [-0.05, 0) is 31.9 Å². The van der Waals surface area contributed by atoms with Crippen LogP contribution in [0.2, 0.25) is 0 Å². The van der Waals surface area contributed by atoms with Crippen molar-refractivity contribution in [3.8, 4) is 0 Å². The van der Waals surface area contributed by atoms with Gasteiger partial charge in [-0.15, -0.1) is 0 Å². The van der Waals surface area contributed by atoms with Crippen LogP contribution >= 0.6 is 0 Å². The molecule has 1 amide bonds. The van der Waals surface area contributed by atoms with Crippen LogP contribution in [0, 0.1) is 6.92 Å². The Balaban J connectivity index is 1.85. The summed E-state index contributed by atoms with van der Waals surface area (Å²) in [5, 5.41) is 2.93. The molecule has 1 aromatic carbocycles. The van der Waals surface area contributed by atoms with E-state index in [0.717, 1.165) is 24.6 Å². The van der Waals surface area contributed by atoms with Crippen molar-refractivity contribution in [3.05, 3.63) is 41.6 Å². The van der Waals surface area contributed by atoms with Crippen molar-refractivity contribution < 1.29 is 4.79 Å². The lowest BCUT2D eigenvalue weighted by molar-refractivity contribution is 0.102. The van der Waals surface area contributed by atoms with E-state index >= 15 is 0 Å². The molecule has 1 saturated heterocycles. The lowest BCUT2D eigenvalue weighted by Gasteiger charge is -2.21. The molecular weight excluding hydrogens is 302 g/mol. The largest absolute Gasteiger partial charge is 0.361 e. The second-order valence-electron chi connectivity index (χ2n) is 6.32. The van der Waals surface area contributed by atoms with E-state index < -0.39 is 0 Å². The van der Waals surface area contributed by atoms with E-state index in [1.165, 1.54) is 12.8 Å². The Morgan fingerprint density at radius 2 is 2.00 bits per heavy atom. The minimum atomic E-state index is -0.153. The number of carbonyl (C=O) groups is 1. The van der Waals surface area contributed by atoms with Crippen molar-refractivity contribution in [2.45, 2.75) is 19.8 Å². The van der Waals surface area contributed by atoms with Gasteiger partial charge in [0.05, 0.1) is 6.20 Å². The Labute approximate surface area is 142 Å². The van der Waals surface area contributed by atoms with Crippen LogP contribution < -0.4 is 15.1 Å². The van der Waals surface area contributed by atoms with Crippen molar-refractivity contribution in [2.24, 2.45) is 0 Å². The van der Waals surface area contributed by atoms with Crippen molar-refractivity contribution in [1.29, 1.82) is 0 Å². The molecule has 0 radical (unpaired) electrons. The second kappa shape index (κ2) is 6.86. The summed E-state index contributed by atoms with van der Waals surface area (Å²) >= 11 is 0. The Hall–Kier alpha value is -2.63. The van der Waals surface area contributed by atoms with Crippen LogP contribution in [-0.2, 0) is 0 Å². The van der Waals surface area contributed by atoms with Crippen LogP contribution in [-0.4, -0.2) is 43.1 Å². The highest BCUT2D eigenvalue weighted by molar-refractivity contribution is 6.05. The Morgan fingerprint density at radius 3 is 2.67 bits per heavy atom. The molecule has 1 fully saturated rings. The average molecular weight is 325 g/mol. The van der Waals surface area contributed by atoms with E-state index in [0.29, 0.717) is 17.1 Å². The summed E-state index contributed by atoms with van der Waals surface area (Å²) < 4.78 is 0. The van der Waals surface area contributed by atoms with Gasteiger partial charge in [0.25, 0.3) is 5.91 Å². The van der Waals surface area contributed by atoms with Crippen LogP contribution in [0.25, 0.3) is 0 Å². The number of rotatable bonds is 4. The zero-order valence-electron chi connectivity index (χ0n) is 14.4. The van der Waals surface area contributed by atoms with E-state index in [1.54, 1.807) is 12.3 Å². The minimum absolute atomic E-state index is 0.153. The molecule has 6 heteroatoms. The molecule has 1 aliphatic heterocycles. The first kappa shape index (κ1) is 16.2. The van der Waals surface area contributed by atoms with E-state index in [2.05, 4.69) is 20.2 Å². The van der Waals surface area contributed by atoms with Crippen molar-refractivity contribution in [1.82, 2.24) is 9.97 Å². The highest BCUT2D eigenvalue weighted by Crippen LogP contribution is 2.25. The molecule has 2 heterocycles. The maximum atomic E-state index is 12.5. The molecule has 24 heavy (non-hydrogen) atoms. The summed E-state index contributed by atoms with van der Waals surface area (Å²) in [5.41, 5.74) is 2.30. The molecule has 2 aromatic rings. The van der Waals surface area contributed by atoms with Gasteiger partial charge in [0, 0.05) is 32.7 Å². The highest BCUT2D eigenvalue weighted by atomic mass is 16.1. The van der Waals surface area contributed by atoms with Crippen molar-refractivity contribution >= 4 is 23.4 Å². The average Bonchev–Trinajstić information content (AvgIpc) is 3.09. The third-order valence-corrected chi connectivity index (χ3v) is 4.10. The molecule has 0 unspecified atom stereocenters. The molecule has 1 aromatic heterocycles. The molecule has 126 valence electrons. The Bertz CT molecular complexity index is 738. The fourth-order valence-electron chi connectivity index (χ4n) is 2.84. The van der Waals surface area contributed by atoms with Crippen LogP contribution in [0.3, 0.4) is 0 Å². The van der Waals surface area contributed by atoms with Crippen LogP contribution in [0.4, 0.5) is 17.5 Å². The fourth-order valence-corrected chi connectivity index (χ4v) is 2.84. The van der Waals surface area contributed by atoms with E-state index in [9.17, 15) is 4.79 Å². The summed E-state index contributed by atoms with van der Waals surface area (Å²) in [6, 6.07) is 7.52. The van der Waals surface area contributed by atoms with Gasteiger partial charge in [-0.1, -0.05) is 17.7 Å². The third-order valence-electron chi connectivity index (χ3n) is 4.10. The zero-order chi connectivity index (χ0) is 17.1. The summed E-state index contributed by atoms with van der Waals surface area (Å²) in [7, 11) is 3.83. The van der Waals surface area contributed by atoms with Gasteiger partial charge in [-0.25, -0.2) is 4.98 Å². The lowest BCUT2D eigenvalue weighted by Crippen LogP contribution is -2.23. The molecule has 3 rings (SSSR count). The fraction of sp³-hybridized carbons (Fsp3) is 0.389. The van der Waals surface area contributed by atoms with Crippen LogP contribution in [0.5, 0.6) is 0 Å². The molecule has 1 N–H and O–H groups in total. The second-order valence-corrected chi connectivity index (χ2v) is 6.32. The van der Waals surface area contributed by atoms with E-state index in [4.69, 9.17) is 0 Å². The van der Waals surface area contributed by atoms with Gasteiger partial charge >= 0.3 is 0 Å². The molecule has 0 spiro atoms. The maximum absolute atomic E-state index is 12.5. The maximum Gasteiger partial charge on any atom is 0.255 e. The molecule has 0 aliphatic carbocycles. The summed E-state index contributed by atoms with van der Waals surface area (Å²) in [6.07, 6.45) is 4.04. The molecule has 6 nitrogen and oxygen atoms in total. The quantitative estimate of drug-likeness (QED) is 0.936. The van der Waals surface area contributed by atoms with E-state index in [-0.39, 0.29) is 5.91 Å². The number of amides is 1. The van der Waals surface area contributed by atoms with Gasteiger partial charge in [0.2, 0.25) is 5.95 Å². The topological polar surface area (TPSA) is 61.4 Å². The molecule has 0 atom stereocenters. The predicted octanol–water partition coefficient (Wildman–Crippen LogP) is 2.70. The highest BCUT2D eigenvalue weighted by Gasteiger charge is 2.18. The van der Waals surface area contributed by atoms with Crippen molar-refractivity contribution in [3.63, 3.8) is 0 Å². The SMILES string of the molecule is Cc1cccc(C(=O)Nc2cnc(N3CCCC3)nc2N(C)C)c1. The zero-order valence-corrected chi connectivity index (χ0v) is 14.4. The van der Waals surface area contributed by atoms with Crippen LogP contribution in [0.1, 0.15) is 28.8 Å². The standard InChI is InChI=1S/C18H23N5O/c1-13-7-6-8-14(11-13)17(24)20-15-12-19-18(21-16(15)22(2)3)23-9-4-5-10-23/h6-8,11-12H,4-5,9-10H2,1-3H3,(H,20,24). The lowest BCUT2D eigenvalue weighted by atomic mass is 10.1. The van der Waals surface area contributed by atoms with Gasteiger partial charge < -0.3 is 15.1 Å². The molecule has 1 aliphatic rings. The monoisotopic (exact) mass is 325 g/mol. The number of anilines is 3. The number of aryl methyl sites for hydroxylation is 1. The third kappa shape index (κ3) is 3.48. The molecule has 0 bridgehead atoms. The summed E-state index contributed by atoms with van der Waals surface area (Å²) in [6.45, 7) is 3.94. The molecule has 0 saturated carbocycles. The van der Waals surface area contributed by atoms with E-state index in [1.807, 2.05) is 44.1 Å². The predicted molar refractivity (Wildman–Crippen MR) is 96.9 cm³/mol. The first-order chi connectivity index (χ1) is 11.5. The number of nitrogens with one attached hydrogen (secondary N) is 1. The summed E-state index contributed by atoms with van der Waals surface area (Å²) in [4.78, 5) is 25.6. The normalized spacial score (nSPS) is 13.9. The number of nitrogens with zero attached hydrogens (tertiary/aromatic N) is 4. The number of hydrogen-bond acceptors (Lipinski definition) is 5. The minimum Gasteiger partial charge on any atom is -0.361 e. The molecular formula is C18H23N5O. The number of aromatic nitrogens is 2. The van der Waals surface area contributed by atoms with Gasteiger partial charge in [-0.3, -0.25) is 4.79 Å². The number of hydrogen-bond donors (Lipinski definition) is 1. The number of carbonyl (C=O) groups excluding carboxylic acids is 1. The van der Waals surface area contributed by atoms with Crippen LogP contribution in [0.15, 0.2) is 30.5 Å². The smallest absolute Gasteiger partial charge is 0.255 e. The summed E-state index contributed by atoms with van der Waals surface area (Å²) in [5.74, 6) is 1.29. The van der Waals surface area contributed by atoms with Gasteiger partial charge in [0.15, 0.2) is 5.82 Å². The Morgan fingerprint density at radius 1 is 1.25 bits per heavy atom. The Kier molecular flexibility index (Phi) is 4.64. The first-order valence-electron chi connectivity index (χ1n) is 8.22.